The number of anilines is 2. The second kappa shape index (κ2) is 6.66. The highest BCUT2D eigenvalue weighted by Gasteiger charge is 2.24. The van der Waals surface area contributed by atoms with E-state index >= 15 is 0 Å². The Morgan fingerprint density at radius 2 is 2.04 bits per heavy atom. The van der Waals surface area contributed by atoms with E-state index in [4.69, 9.17) is 0 Å². The van der Waals surface area contributed by atoms with Crippen LogP contribution in [0.5, 0.6) is 0 Å². The highest BCUT2D eigenvalue weighted by molar-refractivity contribution is 5.97. The third-order valence-corrected chi connectivity index (χ3v) is 4.01. The van der Waals surface area contributed by atoms with E-state index in [0.29, 0.717) is 6.54 Å². The molecule has 1 N–H and O–H groups in total. The Hall–Kier alpha value is -2.96. The third-order valence-electron chi connectivity index (χ3n) is 4.01. The van der Waals surface area contributed by atoms with Gasteiger partial charge >= 0.3 is 5.69 Å². The molecule has 0 spiro atoms. The number of hydrogen-bond donors (Lipinski definition) is 1. The van der Waals surface area contributed by atoms with Crippen molar-refractivity contribution in [1.82, 2.24) is 0 Å². The zero-order chi connectivity index (χ0) is 17.1. The van der Waals surface area contributed by atoms with E-state index in [0.717, 1.165) is 30.2 Å². The van der Waals surface area contributed by atoms with E-state index in [1.165, 1.54) is 12.1 Å². The van der Waals surface area contributed by atoms with Gasteiger partial charge in [-0.15, -0.1) is 0 Å². The van der Waals surface area contributed by atoms with Crippen LogP contribution in [0.1, 0.15) is 12.0 Å². The zero-order valence-electron chi connectivity index (χ0n) is 12.9. The van der Waals surface area contributed by atoms with Crippen LogP contribution in [0.4, 0.5) is 21.5 Å². The number of nitrogens with zero attached hydrogens (tertiary/aromatic N) is 2. The summed E-state index contributed by atoms with van der Waals surface area (Å²) >= 11 is 0. The van der Waals surface area contributed by atoms with Crippen LogP contribution >= 0.6 is 0 Å². The summed E-state index contributed by atoms with van der Waals surface area (Å²) in [7, 11) is 0. The largest absolute Gasteiger partial charge is 0.370 e. The average Bonchev–Trinajstić information content (AvgIpc) is 2.58. The van der Waals surface area contributed by atoms with E-state index < -0.39 is 16.4 Å². The Morgan fingerprint density at radius 3 is 2.83 bits per heavy atom. The molecule has 24 heavy (non-hydrogen) atoms. The Labute approximate surface area is 138 Å². The Kier molecular flexibility index (Phi) is 4.41. The normalized spacial score (nSPS) is 13.3. The predicted octanol–water partition coefficient (Wildman–Crippen LogP) is 3.13. The Morgan fingerprint density at radius 1 is 1.25 bits per heavy atom. The van der Waals surface area contributed by atoms with Gasteiger partial charge in [-0.1, -0.05) is 24.3 Å². The molecular formula is C17H16FN3O3. The molecule has 0 fully saturated rings. The quantitative estimate of drug-likeness (QED) is 0.691. The third kappa shape index (κ3) is 3.05. The van der Waals surface area contributed by atoms with E-state index in [1.807, 2.05) is 24.3 Å². The van der Waals surface area contributed by atoms with Gasteiger partial charge < -0.3 is 10.2 Å². The van der Waals surface area contributed by atoms with Crippen LogP contribution in [-0.4, -0.2) is 23.9 Å². The van der Waals surface area contributed by atoms with Gasteiger partial charge in [0, 0.05) is 12.2 Å². The molecule has 0 radical (unpaired) electrons. The van der Waals surface area contributed by atoms with E-state index in [2.05, 4.69) is 5.32 Å². The minimum absolute atomic E-state index is 0.00126. The van der Waals surface area contributed by atoms with Gasteiger partial charge in [-0.3, -0.25) is 14.9 Å². The Balaban J connectivity index is 1.76. The summed E-state index contributed by atoms with van der Waals surface area (Å²) in [5.74, 6) is -1.14. The number of carbonyl (C=O) groups is 1. The molecule has 1 aliphatic heterocycles. The molecule has 6 nitrogen and oxygen atoms in total. The van der Waals surface area contributed by atoms with Crippen molar-refractivity contribution < 1.29 is 14.1 Å². The summed E-state index contributed by atoms with van der Waals surface area (Å²) in [6, 6.07) is 11.4. The maximum atomic E-state index is 13.6. The molecule has 0 saturated carbocycles. The van der Waals surface area contributed by atoms with Crippen LogP contribution in [0.25, 0.3) is 0 Å². The SMILES string of the molecule is O=C(CNc1cccc(F)c1[N+](=O)[O-])N1CCCc2ccccc21. The molecule has 1 aliphatic rings. The molecule has 0 bridgehead atoms. The van der Waals surface area contributed by atoms with Crippen molar-refractivity contribution in [3.8, 4) is 0 Å². The van der Waals surface area contributed by atoms with Gasteiger partial charge in [-0.05, 0) is 36.6 Å². The number of amides is 1. The average molecular weight is 329 g/mol. The lowest BCUT2D eigenvalue weighted by Gasteiger charge is -2.29. The molecule has 1 amide bonds. The van der Waals surface area contributed by atoms with Crippen LogP contribution in [0, 0.1) is 15.9 Å². The molecule has 2 aromatic carbocycles. The molecule has 0 aliphatic carbocycles. The Bertz CT molecular complexity index is 794. The van der Waals surface area contributed by atoms with Crippen molar-refractivity contribution in [3.05, 3.63) is 64.0 Å². The lowest BCUT2D eigenvalue weighted by molar-refractivity contribution is -0.386. The van der Waals surface area contributed by atoms with Crippen molar-refractivity contribution in [1.29, 1.82) is 0 Å². The number of benzene rings is 2. The van der Waals surface area contributed by atoms with Crippen LogP contribution in [0.3, 0.4) is 0 Å². The summed E-state index contributed by atoms with van der Waals surface area (Å²) in [5, 5.41) is 13.7. The second-order valence-corrected chi connectivity index (χ2v) is 5.52. The highest BCUT2D eigenvalue weighted by Crippen LogP contribution is 2.29. The number of nitro groups is 1. The van der Waals surface area contributed by atoms with Gasteiger partial charge in [0.05, 0.1) is 11.5 Å². The van der Waals surface area contributed by atoms with Gasteiger partial charge in [0.25, 0.3) is 0 Å². The molecule has 0 unspecified atom stereocenters. The molecular weight excluding hydrogens is 313 g/mol. The maximum absolute atomic E-state index is 13.6. The van der Waals surface area contributed by atoms with Gasteiger partial charge in [0.1, 0.15) is 5.69 Å². The first kappa shape index (κ1) is 15.9. The lowest BCUT2D eigenvalue weighted by atomic mass is 10.0. The number of carbonyl (C=O) groups excluding carboxylic acids is 1. The van der Waals surface area contributed by atoms with Crippen molar-refractivity contribution in [2.24, 2.45) is 0 Å². The first-order valence-electron chi connectivity index (χ1n) is 7.63. The summed E-state index contributed by atoms with van der Waals surface area (Å²) in [4.78, 5) is 24.4. The molecule has 3 rings (SSSR count). The zero-order valence-corrected chi connectivity index (χ0v) is 12.9. The predicted molar refractivity (Wildman–Crippen MR) is 88.7 cm³/mol. The lowest BCUT2D eigenvalue weighted by Crippen LogP contribution is -2.39. The smallest absolute Gasteiger partial charge is 0.327 e. The van der Waals surface area contributed by atoms with Gasteiger partial charge in [-0.2, -0.15) is 4.39 Å². The fourth-order valence-corrected chi connectivity index (χ4v) is 2.90. The van der Waals surface area contributed by atoms with Crippen LogP contribution < -0.4 is 10.2 Å². The highest BCUT2D eigenvalue weighted by atomic mass is 19.1. The number of rotatable bonds is 4. The fraction of sp³-hybridized carbons (Fsp3) is 0.235. The maximum Gasteiger partial charge on any atom is 0.327 e. The second-order valence-electron chi connectivity index (χ2n) is 5.52. The van der Waals surface area contributed by atoms with E-state index in [9.17, 15) is 19.3 Å². The van der Waals surface area contributed by atoms with E-state index in [-0.39, 0.29) is 18.1 Å². The van der Waals surface area contributed by atoms with Gasteiger partial charge in [0.15, 0.2) is 0 Å². The minimum atomic E-state index is -0.930. The molecule has 0 saturated heterocycles. The molecule has 2 aromatic rings. The van der Waals surface area contributed by atoms with Crippen LogP contribution in [0.15, 0.2) is 42.5 Å². The molecule has 0 aromatic heterocycles. The van der Waals surface area contributed by atoms with Crippen molar-refractivity contribution in [2.45, 2.75) is 12.8 Å². The topological polar surface area (TPSA) is 75.5 Å². The molecule has 124 valence electrons. The first-order chi connectivity index (χ1) is 11.6. The first-order valence-corrected chi connectivity index (χ1v) is 7.63. The summed E-state index contributed by atoms with van der Waals surface area (Å²) in [6.45, 7) is 0.460. The monoisotopic (exact) mass is 329 g/mol. The van der Waals surface area contributed by atoms with Crippen LogP contribution in [0.2, 0.25) is 0 Å². The van der Waals surface area contributed by atoms with Crippen LogP contribution in [-0.2, 0) is 11.2 Å². The summed E-state index contributed by atoms with van der Waals surface area (Å²) in [5.41, 5.74) is 1.32. The van der Waals surface area contributed by atoms with Crippen molar-refractivity contribution >= 4 is 23.0 Å². The number of nitrogens with one attached hydrogen (secondary N) is 1. The number of fused-ring (bicyclic) bond motifs is 1. The van der Waals surface area contributed by atoms with E-state index in [1.54, 1.807) is 4.90 Å². The standard InChI is InChI=1S/C17H16FN3O3/c18-13-7-3-8-14(17(13)21(23)24)19-11-16(22)20-10-4-6-12-5-1-2-9-15(12)20/h1-3,5,7-9,19H,4,6,10-11H2. The molecule has 7 heteroatoms. The molecule has 0 atom stereocenters. The van der Waals surface area contributed by atoms with Crippen molar-refractivity contribution in [2.75, 3.05) is 23.3 Å². The summed E-state index contributed by atoms with van der Waals surface area (Å²) in [6.07, 6.45) is 1.78. The minimum Gasteiger partial charge on any atom is -0.370 e. The number of halogens is 1. The number of para-hydroxylation sites is 2. The van der Waals surface area contributed by atoms with Gasteiger partial charge in [-0.25, -0.2) is 0 Å². The van der Waals surface area contributed by atoms with Gasteiger partial charge in [0.2, 0.25) is 11.7 Å². The molecule has 1 heterocycles. The van der Waals surface area contributed by atoms with Crippen molar-refractivity contribution in [3.63, 3.8) is 0 Å². The number of nitro benzene ring substituents is 1. The number of aryl methyl sites for hydroxylation is 1. The summed E-state index contributed by atoms with van der Waals surface area (Å²) < 4.78 is 13.6. The number of hydrogen-bond acceptors (Lipinski definition) is 4. The fourth-order valence-electron chi connectivity index (χ4n) is 2.90.